The molecule has 0 atom stereocenters. The number of ether oxygens (including phenoxy) is 2. The van der Waals surface area contributed by atoms with E-state index in [1.165, 1.54) is 31.0 Å². The molecule has 3 rings (SSSR count). The van der Waals surface area contributed by atoms with Crippen molar-refractivity contribution in [1.29, 1.82) is 0 Å². The van der Waals surface area contributed by atoms with Crippen molar-refractivity contribution in [1.82, 2.24) is 19.2 Å². The number of aromatic nitrogens is 2. The number of hydrogen-bond donors (Lipinski definition) is 2. The summed E-state index contributed by atoms with van der Waals surface area (Å²) in [5, 5.41) is 2.86. The van der Waals surface area contributed by atoms with E-state index in [0.29, 0.717) is 36.7 Å². The summed E-state index contributed by atoms with van der Waals surface area (Å²) in [5.41, 5.74) is 0.484. The first-order chi connectivity index (χ1) is 13.5. The zero-order valence-corrected chi connectivity index (χ0v) is 16.5. The minimum Gasteiger partial charge on any atom is -0.493 e. The zero-order valence-electron chi connectivity index (χ0n) is 15.7. The zero-order chi connectivity index (χ0) is 20.1. The smallest absolute Gasteiger partial charge is 0.321 e. The maximum atomic E-state index is 12.7. The van der Waals surface area contributed by atoms with Crippen molar-refractivity contribution in [3.05, 3.63) is 30.7 Å². The molecule has 10 nitrogen and oxygen atoms in total. The summed E-state index contributed by atoms with van der Waals surface area (Å²) in [4.78, 5) is 20.7. The fraction of sp³-hybridized carbons (Fsp3) is 0.412. The van der Waals surface area contributed by atoms with Crippen LogP contribution in [-0.2, 0) is 10.0 Å². The van der Waals surface area contributed by atoms with Crippen LogP contribution >= 0.6 is 0 Å². The molecular weight excluding hydrogens is 386 g/mol. The number of rotatable bonds is 5. The van der Waals surface area contributed by atoms with E-state index in [2.05, 4.69) is 15.3 Å². The van der Waals surface area contributed by atoms with E-state index >= 15 is 0 Å². The Kier molecular flexibility index (Phi) is 6.05. The van der Waals surface area contributed by atoms with Crippen molar-refractivity contribution in [3.8, 4) is 11.5 Å². The number of para-hydroxylation sites is 1. The molecule has 1 aliphatic heterocycles. The second kappa shape index (κ2) is 8.48. The van der Waals surface area contributed by atoms with Gasteiger partial charge in [-0.2, -0.15) is 4.31 Å². The van der Waals surface area contributed by atoms with Crippen LogP contribution in [0.25, 0.3) is 0 Å². The standard InChI is InChI=1S/C17H23N5O5S/c1-26-14-6-3-5-13(16(14)27-2)20-17(23)21-7-4-8-22(10-9-21)28(24,25)15-11-18-12-19-15/h3,5-6,11-12H,4,7-10H2,1-2H3,(H,18,19)(H,20,23). The van der Waals surface area contributed by atoms with Crippen LogP contribution in [0, 0.1) is 0 Å². The molecule has 2 amide bonds. The third kappa shape index (κ3) is 4.04. The number of benzene rings is 1. The van der Waals surface area contributed by atoms with E-state index in [9.17, 15) is 13.2 Å². The molecule has 2 heterocycles. The van der Waals surface area contributed by atoms with Gasteiger partial charge in [0, 0.05) is 26.2 Å². The minimum absolute atomic E-state index is 0.0477. The molecule has 11 heteroatoms. The highest BCUT2D eigenvalue weighted by Gasteiger charge is 2.29. The molecule has 0 spiro atoms. The van der Waals surface area contributed by atoms with E-state index in [4.69, 9.17) is 9.47 Å². The fourth-order valence-corrected chi connectivity index (χ4v) is 4.41. The molecule has 0 radical (unpaired) electrons. The summed E-state index contributed by atoms with van der Waals surface area (Å²) in [6, 6.07) is 4.87. The van der Waals surface area contributed by atoms with Crippen molar-refractivity contribution in [2.75, 3.05) is 45.7 Å². The summed E-state index contributed by atoms with van der Waals surface area (Å²) in [5.74, 6) is 0.935. The maximum Gasteiger partial charge on any atom is 0.321 e. The van der Waals surface area contributed by atoms with Gasteiger partial charge in [-0.3, -0.25) is 0 Å². The molecule has 152 valence electrons. The normalized spacial score (nSPS) is 15.7. The van der Waals surface area contributed by atoms with Crippen molar-refractivity contribution < 1.29 is 22.7 Å². The molecule has 1 aliphatic rings. The van der Waals surface area contributed by atoms with Gasteiger partial charge < -0.3 is 24.7 Å². The highest BCUT2D eigenvalue weighted by atomic mass is 32.2. The van der Waals surface area contributed by atoms with E-state index in [1.54, 1.807) is 23.1 Å². The lowest BCUT2D eigenvalue weighted by atomic mass is 10.2. The number of anilines is 1. The Morgan fingerprint density at radius 3 is 2.68 bits per heavy atom. The highest BCUT2D eigenvalue weighted by Crippen LogP contribution is 2.34. The van der Waals surface area contributed by atoms with Gasteiger partial charge in [-0.1, -0.05) is 6.07 Å². The second-order valence-electron chi connectivity index (χ2n) is 6.13. The summed E-state index contributed by atoms with van der Waals surface area (Å²) < 4.78 is 37.2. The van der Waals surface area contributed by atoms with Crippen LogP contribution in [0.3, 0.4) is 0 Å². The maximum absolute atomic E-state index is 12.7. The summed E-state index contributed by atoms with van der Waals surface area (Å²) in [6.45, 7) is 1.23. The first-order valence-corrected chi connectivity index (χ1v) is 10.2. The molecular formula is C17H23N5O5S. The van der Waals surface area contributed by atoms with Gasteiger partial charge in [-0.25, -0.2) is 18.2 Å². The van der Waals surface area contributed by atoms with Crippen LogP contribution < -0.4 is 14.8 Å². The number of carbonyl (C=O) groups excluding carboxylic acids is 1. The predicted molar refractivity (Wildman–Crippen MR) is 102 cm³/mol. The largest absolute Gasteiger partial charge is 0.493 e. The number of urea groups is 1. The topological polar surface area (TPSA) is 117 Å². The van der Waals surface area contributed by atoms with Crippen LogP contribution in [0.5, 0.6) is 11.5 Å². The number of sulfonamides is 1. The predicted octanol–water partition coefficient (Wildman–Crippen LogP) is 1.36. The number of nitrogens with zero attached hydrogens (tertiary/aromatic N) is 3. The molecule has 0 unspecified atom stereocenters. The third-order valence-corrected chi connectivity index (χ3v) is 6.30. The Balaban J connectivity index is 1.69. The van der Waals surface area contributed by atoms with E-state index in [0.717, 1.165) is 0 Å². The molecule has 1 aromatic carbocycles. The number of imidazole rings is 1. The number of hydrogen-bond acceptors (Lipinski definition) is 6. The fourth-order valence-electron chi connectivity index (χ4n) is 3.04. The number of methoxy groups -OCH3 is 2. The van der Waals surface area contributed by atoms with Crippen LogP contribution in [0.15, 0.2) is 35.7 Å². The Bertz CT molecular complexity index is 916. The Morgan fingerprint density at radius 2 is 2.00 bits per heavy atom. The quantitative estimate of drug-likeness (QED) is 0.770. The molecule has 1 saturated heterocycles. The number of H-pyrrole nitrogens is 1. The molecule has 0 saturated carbocycles. The van der Waals surface area contributed by atoms with Crippen LogP contribution in [0.2, 0.25) is 0 Å². The second-order valence-corrected chi connectivity index (χ2v) is 8.04. The average Bonchev–Trinajstić information content (AvgIpc) is 3.12. The van der Waals surface area contributed by atoms with Gasteiger partial charge in [-0.05, 0) is 18.6 Å². The SMILES string of the molecule is COc1cccc(NC(=O)N2CCCN(S(=O)(=O)c3cnc[nH]3)CC2)c1OC. The molecule has 28 heavy (non-hydrogen) atoms. The lowest BCUT2D eigenvalue weighted by Crippen LogP contribution is -2.39. The van der Waals surface area contributed by atoms with Gasteiger partial charge in [-0.15, -0.1) is 0 Å². The van der Waals surface area contributed by atoms with Gasteiger partial charge >= 0.3 is 6.03 Å². The number of carbonyl (C=O) groups is 1. The number of amides is 2. The van der Waals surface area contributed by atoms with E-state index in [1.807, 2.05) is 0 Å². The molecule has 0 aliphatic carbocycles. The first kappa shape index (κ1) is 20.0. The van der Waals surface area contributed by atoms with Crippen LogP contribution in [-0.4, -0.2) is 74.0 Å². The third-order valence-electron chi connectivity index (χ3n) is 4.48. The van der Waals surface area contributed by atoms with E-state index in [-0.39, 0.29) is 24.1 Å². The van der Waals surface area contributed by atoms with Crippen molar-refractivity contribution >= 4 is 21.7 Å². The summed E-state index contributed by atoms with van der Waals surface area (Å²) in [6.07, 6.45) is 3.13. The van der Waals surface area contributed by atoms with Gasteiger partial charge in [0.1, 0.15) is 0 Å². The van der Waals surface area contributed by atoms with Crippen LogP contribution in [0.4, 0.5) is 10.5 Å². The summed E-state index contributed by atoms with van der Waals surface area (Å²) in [7, 11) is -0.631. The van der Waals surface area contributed by atoms with Crippen molar-refractivity contribution in [2.45, 2.75) is 11.4 Å². The van der Waals surface area contributed by atoms with Crippen LogP contribution in [0.1, 0.15) is 6.42 Å². The lowest BCUT2D eigenvalue weighted by molar-refractivity contribution is 0.214. The number of aromatic amines is 1. The van der Waals surface area contributed by atoms with Gasteiger partial charge in [0.25, 0.3) is 10.0 Å². The monoisotopic (exact) mass is 409 g/mol. The Hall–Kier alpha value is -2.79. The Labute approximate surface area is 163 Å². The number of nitrogens with one attached hydrogen (secondary N) is 2. The molecule has 2 N–H and O–H groups in total. The van der Waals surface area contributed by atoms with Gasteiger partial charge in [0.15, 0.2) is 16.5 Å². The van der Waals surface area contributed by atoms with Crippen molar-refractivity contribution in [3.63, 3.8) is 0 Å². The van der Waals surface area contributed by atoms with Gasteiger partial charge in [0.05, 0.1) is 32.4 Å². The minimum atomic E-state index is -3.65. The first-order valence-electron chi connectivity index (χ1n) is 8.73. The Morgan fingerprint density at radius 1 is 1.18 bits per heavy atom. The molecule has 0 bridgehead atoms. The van der Waals surface area contributed by atoms with Crippen molar-refractivity contribution in [2.24, 2.45) is 0 Å². The molecule has 2 aromatic rings. The average molecular weight is 409 g/mol. The van der Waals surface area contributed by atoms with Gasteiger partial charge in [0.2, 0.25) is 0 Å². The highest BCUT2D eigenvalue weighted by molar-refractivity contribution is 7.89. The lowest BCUT2D eigenvalue weighted by Gasteiger charge is -2.22. The molecule has 1 aromatic heterocycles. The van der Waals surface area contributed by atoms with E-state index < -0.39 is 10.0 Å². The molecule has 1 fully saturated rings. The summed E-state index contributed by atoms with van der Waals surface area (Å²) >= 11 is 0.